The molecule has 2 amide bonds. The highest BCUT2D eigenvalue weighted by atomic mass is 16.5. The lowest BCUT2D eigenvalue weighted by atomic mass is 10.1. The van der Waals surface area contributed by atoms with E-state index >= 15 is 0 Å². The number of ether oxygens (including phenoxy) is 1. The molecular weight excluding hydrogens is 342 g/mol. The maximum atomic E-state index is 12.6. The van der Waals surface area contributed by atoms with E-state index in [1.807, 2.05) is 35.2 Å². The van der Waals surface area contributed by atoms with E-state index in [1.165, 1.54) is 0 Å². The summed E-state index contributed by atoms with van der Waals surface area (Å²) in [5.74, 6) is 1.25. The fourth-order valence-electron chi connectivity index (χ4n) is 3.62. The largest absolute Gasteiger partial charge is 0.380 e. The molecule has 0 spiro atoms. The maximum absolute atomic E-state index is 12.6. The van der Waals surface area contributed by atoms with Gasteiger partial charge in [-0.15, -0.1) is 0 Å². The zero-order chi connectivity index (χ0) is 18.5. The molecule has 2 fully saturated rings. The van der Waals surface area contributed by atoms with Crippen LogP contribution in [0.5, 0.6) is 0 Å². The molecule has 0 radical (unpaired) electrons. The van der Waals surface area contributed by atoms with Crippen molar-refractivity contribution >= 4 is 11.8 Å². The Hall–Kier alpha value is -2.51. The lowest BCUT2D eigenvalue weighted by molar-refractivity contribution is 0.0987. The number of amides is 2. The highest BCUT2D eigenvalue weighted by Crippen LogP contribution is 2.15. The van der Waals surface area contributed by atoms with Gasteiger partial charge in [-0.2, -0.15) is 0 Å². The van der Waals surface area contributed by atoms with Crippen molar-refractivity contribution < 1.29 is 9.53 Å². The first-order valence-corrected chi connectivity index (χ1v) is 9.51. The fourth-order valence-corrected chi connectivity index (χ4v) is 3.62. The standard InChI is InChI=1S/C20H25N5O2/c26-20(25-11-9-24(10-12-25)17-7-13-27-15-17)23-18-6-8-21-19(22-18)14-16-4-2-1-3-5-16/h1-6,8,17H,7,9-15H2,(H,21,22,23,26). The average Bonchev–Trinajstić information content (AvgIpc) is 3.24. The summed E-state index contributed by atoms with van der Waals surface area (Å²) in [6, 6.07) is 12.2. The number of anilines is 1. The van der Waals surface area contributed by atoms with Gasteiger partial charge in [0.2, 0.25) is 0 Å². The van der Waals surface area contributed by atoms with Crippen LogP contribution in [0.2, 0.25) is 0 Å². The minimum atomic E-state index is -0.0957. The molecule has 27 heavy (non-hydrogen) atoms. The molecule has 1 aromatic heterocycles. The highest BCUT2D eigenvalue weighted by Gasteiger charge is 2.28. The quantitative estimate of drug-likeness (QED) is 0.895. The number of hydrogen-bond acceptors (Lipinski definition) is 5. The molecule has 0 bridgehead atoms. The topological polar surface area (TPSA) is 70.6 Å². The van der Waals surface area contributed by atoms with Crippen molar-refractivity contribution in [3.05, 3.63) is 54.0 Å². The Kier molecular flexibility index (Phi) is 5.60. The molecule has 1 unspecified atom stereocenters. The second-order valence-corrected chi connectivity index (χ2v) is 6.99. The van der Waals surface area contributed by atoms with E-state index in [0.29, 0.717) is 24.1 Å². The molecule has 4 rings (SSSR count). The van der Waals surface area contributed by atoms with Crippen molar-refractivity contribution in [1.82, 2.24) is 19.8 Å². The number of nitrogens with one attached hydrogen (secondary N) is 1. The van der Waals surface area contributed by atoms with Crippen LogP contribution in [0.4, 0.5) is 10.6 Å². The third kappa shape index (κ3) is 4.61. The van der Waals surface area contributed by atoms with E-state index in [0.717, 1.165) is 51.4 Å². The number of aromatic nitrogens is 2. The van der Waals surface area contributed by atoms with Gasteiger partial charge in [0.25, 0.3) is 0 Å². The molecule has 3 heterocycles. The third-order valence-electron chi connectivity index (χ3n) is 5.17. The van der Waals surface area contributed by atoms with Crippen molar-refractivity contribution in [3.63, 3.8) is 0 Å². The van der Waals surface area contributed by atoms with Crippen molar-refractivity contribution in [3.8, 4) is 0 Å². The average molecular weight is 367 g/mol. The van der Waals surface area contributed by atoms with Crippen LogP contribution in [0.1, 0.15) is 17.8 Å². The Labute approximate surface area is 159 Å². The SMILES string of the molecule is O=C(Nc1ccnc(Cc2ccccc2)n1)N1CCN(C2CCOC2)CC1. The number of piperazine rings is 1. The predicted octanol–water partition coefficient (Wildman–Crippen LogP) is 2.01. The molecule has 0 aliphatic carbocycles. The van der Waals surface area contributed by atoms with Crippen LogP contribution < -0.4 is 5.32 Å². The molecule has 2 aliphatic rings. The van der Waals surface area contributed by atoms with Gasteiger partial charge in [-0.05, 0) is 18.1 Å². The molecule has 1 N–H and O–H groups in total. The molecule has 1 atom stereocenters. The Morgan fingerprint density at radius 2 is 1.96 bits per heavy atom. The van der Waals surface area contributed by atoms with E-state index in [2.05, 4.69) is 20.2 Å². The molecule has 0 saturated carbocycles. The van der Waals surface area contributed by atoms with Crippen LogP contribution in [0, 0.1) is 0 Å². The molecule has 2 saturated heterocycles. The lowest BCUT2D eigenvalue weighted by Gasteiger charge is -2.37. The first kappa shape index (κ1) is 17.9. The molecule has 2 aromatic rings. The summed E-state index contributed by atoms with van der Waals surface area (Å²) in [6.07, 6.45) is 3.43. The Morgan fingerprint density at radius 1 is 1.15 bits per heavy atom. The molecule has 1 aromatic carbocycles. The van der Waals surface area contributed by atoms with Gasteiger partial charge in [-0.3, -0.25) is 10.2 Å². The van der Waals surface area contributed by atoms with Crippen LogP contribution in [0.3, 0.4) is 0 Å². The minimum Gasteiger partial charge on any atom is -0.380 e. The fraction of sp³-hybridized carbons (Fsp3) is 0.450. The normalized spacial score (nSPS) is 20.6. The van der Waals surface area contributed by atoms with Gasteiger partial charge in [0.15, 0.2) is 0 Å². The number of rotatable bonds is 4. The van der Waals surface area contributed by atoms with Gasteiger partial charge in [0.1, 0.15) is 11.6 Å². The Balaban J connectivity index is 1.31. The number of carbonyl (C=O) groups excluding carboxylic acids is 1. The second kappa shape index (κ2) is 8.45. The Bertz CT molecular complexity index is 756. The van der Waals surface area contributed by atoms with Crippen LogP contribution >= 0.6 is 0 Å². The number of urea groups is 1. The van der Waals surface area contributed by atoms with E-state index in [-0.39, 0.29) is 6.03 Å². The summed E-state index contributed by atoms with van der Waals surface area (Å²) < 4.78 is 5.47. The zero-order valence-electron chi connectivity index (χ0n) is 15.4. The van der Waals surface area contributed by atoms with Crippen molar-refractivity contribution in [2.45, 2.75) is 18.9 Å². The van der Waals surface area contributed by atoms with Crippen molar-refractivity contribution in [2.24, 2.45) is 0 Å². The number of carbonyl (C=O) groups is 1. The van der Waals surface area contributed by atoms with Gasteiger partial charge in [-0.1, -0.05) is 30.3 Å². The van der Waals surface area contributed by atoms with Crippen molar-refractivity contribution in [2.75, 3.05) is 44.7 Å². The molecule has 142 valence electrons. The monoisotopic (exact) mass is 367 g/mol. The summed E-state index contributed by atoms with van der Waals surface area (Å²) in [6.45, 7) is 4.91. The maximum Gasteiger partial charge on any atom is 0.323 e. The van der Waals surface area contributed by atoms with Gasteiger partial charge in [0, 0.05) is 51.4 Å². The van der Waals surface area contributed by atoms with Crippen LogP contribution in [-0.4, -0.2) is 71.2 Å². The molecule has 7 heteroatoms. The van der Waals surface area contributed by atoms with Gasteiger partial charge >= 0.3 is 6.03 Å². The second-order valence-electron chi connectivity index (χ2n) is 6.99. The third-order valence-corrected chi connectivity index (χ3v) is 5.17. The van der Waals surface area contributed by atoms with Crippen LogP contribution in [0.25, 0.3) is 0 Å². The van der Waals surface area contributed by atoms with Gasteiger partial charge < -0.3 is 9.64 Å². The highest BCUT2D eigenvalue weighted by molar-refractivity contribution is 5.88. The van der Waals surface area contributed by atoms with Crippen molar-refractivity contribution in [1.29, 1.82) is 0 Å². The smallest absolute Gasteiger partial charge is 0.323 e. The summed E-state index contributed by atoms with van der Waals surface area (Å²) in [5.41, 5.74) is 1.15. The zero-order valence-corrected chi connectivity index (χ0v) is 15.4. The number of nitrogens with zero attached hydrogens (tertiary/aromatic N) is 4. The molecular formula is C20H25N5O2. The van der Waals surface area contributed by atoms with E-state index in [4.69, 9.17) is 4.74 Å². The van der Waals surface area contributed by atoms with Crippen LogP contribution in [0.15, 0.2) is 42.6 Å². The summed E-state index contributed by atoms with van der Waals surface area (Å²) >= 11 is 0. The number of hydrogen-bond donors (Lipinski definition) is 1. The molecule has 2 aliphatic heterocycles. The lowest BCUT2D eigenvalue weighted by Crippen LogP contribution is -2.53. The van der Waals surface area contributed by atoms with Gasteiger partial charge in [0.05, 0.1) is 6.61 Å². The Morgan fingerprint density at radius 3 is 2.70 bits per heavy atom. The summed E-state index contributed by atoms with van der Waals surface area (Å²) in [7, 11) is 0. The first-order chi connectivity index (χ1) is 13.3. The first-order valence-electron chi connectivity index (χ1n) is 9.51. The molecule has 7 nitrogen and oxygen atoms in total. The van der Waals surface area contributed by atoms with E-state index in [9.17, 15) is 4.79 Å². The summed E-state index contributed by atoms with van der Waals surface area (Å²) in [4.78, 5) is 25.7. The predicted molar refractivity (Wildman–Crippen MR) is 103 cm³/mol. The van der Waals surface area contributed by atoms with E-state index < -0.39 is 0 Å². The number of benzene rings is 1. The van der Waals surface area contributed by atoms with Gasteiger partial charge in [-0.25, -0.2) is 14.8 Å². The van der Waals surface area contributed by atoms with E-state index in [1.54, 1.807) is 12.3 Å². The minimum absolute atomic E-state index is 0.0957. The summed E-state index contributed by atoms with van der Waals surface area (Å²) in [5, 5.41) is 2.91. The van der Waals surface area contributed by atoms with Crippen LogP contribution in [-0.2, 0) is 11.2 Å².